The van der Waals surface area contributed by atoms with Crippen LogP contribution in [0.15, 0.2) is 42.5 Å². The van der Waals surface area contributed by atoms with Gasteiger partial charge in [0.25, 0.3) is 5.91 Å². The maximum Gasteiger partial charge on any atom is 0.251 e. The van der Waals surface area contributed by atoms with Crippen molar-refractivity contribution in [2.24, 2.45) is 0 Å². The number of ether oxygens (including phenoxy) is 2. The summed E-state index contributed by atoms with van der Waals surface area (Å²) in [6.07, 6.45) is 0. The zero-order chi connectivity index (χ0) is 19.9. The molecule has 0 unspecified atom stereocenters. The minimum atomic E-state index is -3.60. The Hall–Kier alpha value is -2.65. The molecule has 9 heteroatoms. The van der Waals surface area contributed by atoms with Gasteiger partial charge >= 0.3 is 0 Å². The lowest BCUT2D eigenvalue weighted by molar-refractivity contribution is 0.0955. The summed E-state index contributed by atoms with van der Waals surface area (Å²) in [5.74, 6) is -0.221. The van der Waals surface area contributed by atoms with Crippen molar-refractivity contribution in [1.82, 2.24) is 10.0 Å². The first-order valence-electron chi connectivity index (χ1n) is 8.06. The molecule has 0 saturated heterocycles. The van der Waals surface area contributed by atoms with Gasteiger partial charge < -0.3 is 14.8 Å². The Morgan fingerprint density at radius 1 is 1.04 bits per heavy atom. The maximum absolute atomic E-state index is 12.8. The van der Waals surface area contributed by atoms with Crippen LogP contribution in [-0.2, 0) is 16.6 Å². The van der Waals surface area contributed by atoms with Crippen LogP contribution in [0, 0.1) is 5.82 Å². The number of carbonyl (C=O) groups excluding carboxylic acids is 1. The molecular formula is C18H21FN2O5S. The molecule has 0 aliphatic rings. The van der Waals surface area contributed by atoms with Gasteiger partial charge in [-0.25, -0.2) is 17.5 Å². The highest BCUT2D eigenvalue weighted by atomic mass is 32.2. The predicted octanol–water partition coefficient (Wildman–Crippen LogP) is 1.69. The van der Waals surface area contributed by atoms with E-state index in [9.17, 15) is 17.6 Å². The quantitative estimate of drug-likeness (QED) is 0.673. The van der Waals surface area contributed by atoms with E-state index in [1.54, 1.807) is 6.07 Å². The van der Waals surface area contributed by atoms with Crippen molar-refractivity contribution in [3.05, 3.63) is 59.4 Å². The summed E-state index contributed by atoms with van der Waals surface area (Å²) < 4.78 is 49.5. The second-order valence-corrected chi connectivity index (χ2v) is 7.55. The van der Waals surface area contributed by atoms with E-state index < -0.39 is 21.7 Å². The van der Waals surface area contributed by atoms with Crippen molar-refractivity contribution in [2.45, 2.75) is 6.54 Å². The van der Waals surface area contributed by atoms with Gasteiger partial charge in [0.2, 0.25) is 10.0 Å². The molecule has 2 rings (SSSR count). The molecule has 146 valence electrons. The van der Waals surface area contributed by atoms with E-state index in [-0.39, 0.29) is 18.8 Å². The molecule has 2 aromatic carbocycles. The molecule has 2 N–H and O–H groups in total. The molecule has 7 nitrogen and oxygen atoms in total. The van der Waals surface area contributed by atoms with Gasteiger partial charge in [0.15, 0.2) is 0 Å². The number of amides is 1. The van der Waals surface area contributed by atoms with E-state index in [1.165, 1.54) is 50.6 Å². The smallest absolute Gasteiger partial charge is 0.251 e. The van der Waals surface area contributed by atoms with Gasteiger partial charge in [-0.1, -0.05) is 12.1 Å². The average Bonchev–Trinajstić information content (AvgIpc) is 2.66. The van der Waals surface area contributed by atoms with Crippen LogP contribution in [0.2, 0.25) is 0 Å². The summed E-state index contributed by atoms with van der Waals surface area (Å²) in [6, 6.07) is 10.2. The highest BCUT2D eigenvalue weighted by molar-refractivity contribution is 7.89. The van der Waals surface area contributed by atoms with Crippen LogP contribution in [-0.4, -0.2) is 40.8 Å². The monoisotopic (exact) mass is 396 g/mol. The van der Waals surface area contributed by atoms with Gasteiger partial charge in [-0.05, 0) is 29.8 Å². The lowest BCUT2D eigenvalue weighted by Crippen LogP contribution is -2.34. The molecule has 0 aromatic heterocycles. The molecule has 1 amide bonds. The van der Waals surface area contributed by atoms with Crippen molar-refractivity contribution in [1.29, 1.82) is 0 Å². The third-order valence-corrected chi connectivity index (χ3v) is 5.01. The summed E-state index contributed by atoms with van der Waals surface area (Å²) in [6.45, 7) is -0.0270. The van der Waals surface area contributed by atoms with E-state index in [2.05, 4.69) is 10.0 Å². The van der Waals surface area contributed by atoms with Crippen LogP contribution in [0.1, 0.15) is 15.9 Å². The lowest BCUT2D eigenvalue weighted by atomic mass is 10.2. The van der Waals surface area contributed by atoms with Crippen molar-refractivity contribution < 1.29 is 27.1 Å². The van der Waals surface area contributed by atoms with Crippen molar-refractivity contribution >= 4 is 15.9 Å². The van der Waals surface area contributed by atoms with Gasteiger partial charge in [0.05, 0.1) is 20.0 Å². The topological polar surface area (TPSA) is 93.7 Å². The van der Waals surface area contributed by atoms with Crippen molar-refractivity contribution in [3.63, 3.8) is 0 Å². The zero-order valence-electron chi connectivity index (χ0n) is 15.0. The number of sulfonamides is 1. The van der Waals surface area contributed by atoms with Gasteiger partial charge in [0.1, 0.15) is 17.3 Å². The summed E-state index contributed by atoms with van der Waals surface area (Å²) in [4.78, 5) is 12.2. The van der Waals surface area contributed by atoms with E-state index >= 15 is 0 Å². The highest BCUT2D eigenvalue weighted by Gasteiger charge is 2.13. The first kappa shape index (κ1) is 20.7. The fourth-order valence-corrected chi connectivity index (χ4v) is 3.11. The number of nitrogens with one attached hydrogen (secondary N) is 2. The molecule has 2 aromatic rings. The van der Waals surface area contributed by atoms with Crippen LogP contribution < -0.4 is 19.5 Å². The predicted molar refractivity (Wildman–Crippen MR) is 98.9 cm³/mol. The molecule has 0 aliphatic heterocycles. The van der Waals surface area contributed by atoms with Gasteiger partial charge in [0, 0.05) is 24.7 Å². The number of hydrogen-bond donors (Lipinski definition) is 2. The lowest BCUT2D eigenvalue weighted by Gasteiger charge is -2.10. The molecule has 0 atom stereocenters. The van der Waals surface area contributed by atoms with Gasteiger partial charge in [-0.2, -0.15) is 0 Å². The molecule has 0 aliphatic carbocycles. The Morgan fingerprint density at radius 3 is 2.19 bits per heavy atom. The van der Waals surface area contributed by atoms with E-state index in [0.29, 0.717) is 22.6 Å². The van der Waals surface area contributed by atoms with Crippen LogP contribution >= 0.6 is 0 Å². The Labute approximate surface area is 157 Å². The largest absolute Gasteiger partial charge is 0.497 e. The standard InChI is InChI=1S/C18H21FN2O5S/c1-25-16-9-14(10-17(11-16)26-2)18(22)20-7-8-27(23,24)21-12-13-3-5-15(19)6-4-13/h3-6,9-11,21H,7-8,12H2,1-2H3,(H,20,22). The second kappa shape index (κ2) is 9.33. The Bertz CT molecular complexity index is 863. The molecule has 0 fully saturated rings. The van der Waals surface area contributed by atoms with Gasteiger partial charge in [-0.15, -0.1) is 0 Å². The van der Waals surface area contributed by atoms with Crippen molar-refractivity contribution in [3.8, 4) is 11.5 Å². The van der Waals surface area contributed by atoms with Crippen LogP contribution in [0.5, 0.6) is 11.5 Å². The highest BCUT2D eigenvalue weighted by Crippen LogP contribution is 2.22. The molecular weight excluding hydrogens is 375 g/mol. The molecule has 0 heterocycles. The van der Waals surface area contributed by atoms with E-state index in [1.807, 2.05) is 0 Å². The third kappa shape index (κ3) is 6.54. The van der Waals surface area contributed by atoms with Crippen molar-refractivity contribution in [2.75, 3.05) is 26.5 Å². The third-order valence-electron chi connectivity index (χ3n) is 3.68. The first-order chi connectivity index (χ1) is 12.8. The maximum atomic E-state index is 12.8. The SMILES string of the molecule is COc1cc(OC)cc(C(=O)NCCS(=O)(=O)NCc2ccc(F)cc2)c1. The van der Waals surface area contributed by atoms with E-state index in [0.717, 1.165) is 0 Å². The Balaban J connectivity index is 1.87. The molecule has 0 radical (unpaired) electrons. The second-order valence-electron chi connectivity index (χ2n) is 5.62. The number of carbonyl (C=O) groups is 1. The average molecular weight is 396 g/mol. The minimum Gasteiger partial charge on any atom is -0.497 e. The molecule has 0 saturated carbocycles. The number of rotatable bonds is 9. The Kier molecular flexibility index (Phi) is 7.14. The number of benzene rings is 2. The molecule has 27 heavy (non-hydrogen) atoms. The van der Waals surface area contributed by atoms with Gasteiger partial charge in [-0.3, -0.25) is 4.79 Å². The van der Waals surface area contributed by atoms with Crippen LogP contribution in [0.4, 0.5) is 4.39 Å². The first-order valence-corrected chi connectivity index (χ1v) is 9.71. The number of hydrogen-bond acceptors (Lipinski definition) is 5. The minimum absolute atomic E-state index is 0.0453. The normalized spacial score (nSPS) is 11.1. The molecule has 0 spiro atoms. The number of halogens is 1. The van der Waals surface area contributed by atoms with Crippen LogP contribution in [0.25, 0.3) is 0 Å². The number of methoxy groups -OCH3 is 2. The zero-order valence-corrected chi connectivity index (χ0v) is 15.8. The fourth-order valence-electron chi connectivity index (χ4n) is 2.21. The summed E-state index contributed by atoms with van der Waals surface area (Å²) in [5.41, 5.74) is 0.926. The summed E-state index contributed by atoms with van der Waals surface area (Å²) >= 11 is 0. The molecule has 0 bridgehead atoms. The van der Waals surface area contributed by atoms with E-state index in [4.69, 9.17) is 9.47 Å². The summed E-state index contributed by atoms with van der Waals surface area (Å²) in [7, 11) is -0.665. The van der Waals surface area contributed by atoms with Crippen LogP contribution in [0.3, 0.4) is 0 Å². The fraction of sp³-hybridized carbons (Fsp3) is 0.278. The summed E-state index contributed by atoms with van der Waals surface area (Å²) in [5, 5.41) is 2.54. The Morgan fingerprint density at radius 2 is 1.63 bits per heavy atom.